The fourth-order valence-corrected chi connectivity index (χ4v) is 5.13. The number of allylic oxidation sites excluding steroid dienone is 1. The smallest absolute Gasteiger partial charge is 0.408 e. The molecular weight excluding hydrogens is 412 g/mol. The van der Waals surface area contributed by atoms with Crippen molar-refractivity contribution in [2.75, 3.05) is 0 Å². The van der Waals surface area contributed by atoms with Crippen LogP contribution in [0.2, 0.25) is 0 Å². The number of hydrogen-bond donors (Lipinski definition) is 3. The van der Waals surface area contributed by atoms with E-state index in [0.29, 0.717) is 18.4 Å². The lowest BCUT2D eigenvalue weighted by molar-refractivity contribution is 0.118. The first-order valence-corrected chi connectivity index (χ1v) is 10.5. The van der Waals surface area contributed by atoms with E-state index < -0.39 is 34.2 Å². The molecule has 166 valence electrons. The zero-order valence-electron chi connectivity index (χ0n) is 18.0. The summed E-state index contributed by atoms with van der Waals surface area (Å²) in [5.41, 5.74) is -0.690. The highest BCUT2D eigenvalue weighted by atomic mass is 19.1. The number of carbonyl (C=O) groups excluding carboxylic acids is 1. The molecule has 2 fully saturated rings. The van der Waals surface area contributed by atoms with Crippen LogP contribution >= 0.6 is 0 Å². The maximum atomic E-state index is 14.1. The molecule has 0 unspecified atom stereocenters. The van der Waals surface area contributed by atoms with Crippen molar-refractivity contribution in [2.24, 2.45) is 11.3 Å². The van der Waals surface area contributed by atoms with Crippen molar-refractivity contribution in [2.45, 2.75) is 38.8 Å². The maximum Gasteiger partial charge on any atom is 0.408 e. The number of hydrogen-bond acceptors (Lipinski definition) is 4. The summed E-state index contributed by atoms with van der Waals surface area (Å²) < 4.78 is 33.7. The number of ether oxygens (including phenoxy) is 1. The van der Waals surface area contributed by atoms with Crippen molar-refractivity contribution in [3.05, 3.63) is 82.9 Å². The van der Waals surface area contributed by atoms with Gasteiger partial charge in [-0.05, 0) is 48.1 Å². The Hall–Kier alpha value is -3.35. The molecule has 2 saturated carbocycles. The highest BCUT2D eigenvalue weighted by Crippen LogP contribution is 2.60. The van der Waals surface area contributed by atoms with Gasteiger partial charge in [0.25, 0.3) is 0 Å². The van der Waals surface area contributed by atoms with Crippen molar-refractivity contribution < 1.29 is 18.3 Å². The second-order valence-electron chi connectivity index (χ2n) is 8.89. The largest absolute Gasteiger partial charge is 0.445 e. The van der Waals surface area contributed by atoms with E-state index in [0.717, 1.165) is 17.7 Å². The van der Waals surface area contributed by atoms with E-state index in [1.807, 2.05) is 44.2 Å². The monoisotopic (exact) mass is 437 g/mol. The molecule has 1 amide bonds. The van der Waals surface area contributed by atoms with E-state index in [-0.39, 0.29) is 23.9 Å². The predicted octanol–water partition coefficient (Wildman–Crippen LogP) is 5.39. The van der Waals surface area contributed by atoms with E-state index in [4.69, 9.17) is 15.6 Å². The Balaban J connectivity index is 1.58. The first kappa shape index (κ1) is 21.9. The standard InChI is InChI=1S/C25H25F2N3O2/c1-24(2)17-11-12-25(24,30-23(31)32-14-15-7-4-3-5-8-15)22(29)16(17)13-20(28)21-18(26)9-6-10-19(21)27/h3-10,13,17,28-29H,11-12,14H2,1-2H3,(H,30,31)/b16-13-,28-20?,29-22?/t17-,25-/m0/s1. The molecule has 2 atom stereocenters. The maximum absolute atomic E-state index is 14.1. The molecule has 0 aliphatic heterocycles. The number of fused-ring (bicyclic) bond motifs is 2. The van der Waals surface area contributed by atoms with Crippen LogP contribution in [0.15, 0.2) is 60.2 Å². The van der Waals surface area contributed by atoms with Crippen LogP contribution in [0.5, 0.6) is 0 Å². The summed E-state index contributed by atoms with van der Waals surface area (Å²) in [5.74, 6) is -1.77. The number of alkyl carbamates (subject to hydrolysis) is 1. The average Bonchev–Trinajstić information content (AvgIpc) is 3.08. The van der Waals surface area contributed by atoms with Crippen molar-refractivity contribution in [1.29, 1.82) is 10.8 Å². The van der Waals surface area contributed by atoms with E-state index in [9.17, 15) is 13.6 Å². The molecule has 0 spiro atoms. The van der Waals surface area contributed by atoms with Gasteiger partial charge in [-0.2, -0.15) is 0 Å². The quantitative estimate of drug-likeness (QED) is 0.548. The van der Waals surface area contributed by atoms with Crippen LogP contribution in [0.3, 0.4) is 0 Å². The van der Waals surface area contributed by atoms with Crippen LogP contribution < -0.4 is 5.32 Å². The minimum atomic E-state index is -0.967. The highest BCUT2D eigenvalue weighted by molar-refractivity contribution is 6.17. The molecule has 2 aliphatic carbocycles. The van der Waals surface area contributed by atoms with Gasteiger partial charge in [-0.25, -0.2) is 13.6 Å². The third-order valence-electron chi connectivity index (χ3n) is 6.93. The Morgan fingerprint density at radius 1 is 1.16 bits per heavy atom. The molecule has 0 aromatic heterocycles. The van der Waals surface area contributed by atoms with Crippen LogP contribution in [0.25, 0.3) is 0 Å². The van der Waals surface area contributed by atoms with Crippen molar-refractivity contribution >= 4 is 17.5 Å². The lowest BCUT2D eigenvalue weighted by atomic mass is 9.76. The van der Waals surface area contributed by atoms with E-state index in [2.05, 4.69) is 5.32 Å². The summed E-state index contributed by atoms with van der Waals surface area (Å²) in [5, 5.41) is 20.0. The number of amides is 1. The van der Waals surface area contributed by atoms with Crippen LogP contribution in [0.4, 0.5) is 13.6 Å². The Bertz CT molecular complexity index is 1110. The Morgan fingerprint density at radius 2 is 1.81 bits per heavy atom. The summed E-state index contributed by atoms with van der Waals surface area (Å²) >= 11 is 0. The molecule has 0 heterocycles. The van der Waals surface area contributed by atoms with Gasteiger partial charge in [0, 0.05) is 5.41 Å². The number of halogens is 2. The molecule has 2 aromatic carbocycles. The van der Waals surface area contributed by atoms with Gasteiger partial charge in [0.05, 0.1) is 22.5 Å². The summed E-state index contributed by atoms with van der Waals surface area (Å²) in [6.45, 7) is 4.04. The highest BCUT2D eigenvalue weighted by Gasteiger charge is 2.65. The molecule has 4 rings (SSSR count). The van der Waals surface area contributed by atoms with Gasteiger partial charge >= 0.3 is 6.09 Å². The average molecular weight is 437 g/mol. The van der Waals surface area contributed by atoms with Crippen LogP contribution in [0.1, 0.15) is 37.8 Å². The number of benzene rings is 2. The first-order chi connectivity index (χ1) is 15.2. The Labute approximate surface area is 185 Å². The van der Waals surface area contributed by atoms with Gasteiger partial charge in [0.1, 0.15) is 18.2 Å². The fraction of sp³-hybridized carbons (Fsp3) is 0.320. The lowest BCUT2D eigenvalue weighted by Crippen LogP contribution is -2.57. The summed E-state index contributed by atoms with van der Waals surface area (Å²) in [4.78, 5) is 12.6. The van der Waals surface area contributed by atoms with Crippen LogP contribution in [0, 0.1) is 33.8 Å². The number of rotatable bonds is 5. The normalized spacial score (nSPS) is 24.6. The molecule has 0 saturated heterocycles. The third-order valence-corrected chi connectivity index (χ3v) is 6.93. The molecule has 32 heavy (non-hydrogen) atoms. The molecular formula is C25H25F2N3O2. The van der Waals surface area contributed by atoms with Crippen molar-refractivity contribution in [1.82, 2.24) is 5.32 Å². The van der Waals surface area contributed by atoms with Crippen molar-refractivity contribution in [3.63, 3.8) is 0 Å². The summed E-state index contributed by atoms with van der Waals surface area (Å²) in [6.07, 6.45) is 1.99. The summed E-state index contributed by atoms with van der Waals surface area (Å²) in [6, 6.07) is 12.8. The number of nitrogens with one attached hydrogen (secondary N) is 3. The molecule has 7 heteroatoms. The van der Waals surface area contributed by atoms with Crippen LogP contribution in [-0.4, -0.2) is 23.1 Å². The van der Waals surface area contributed by atoms with E-state index >= 15 is 0 Å². The number of carbonyl (C=O) groups is 1. The Kier molecular flexibility index (Phi) is 5.44. The molecule has 2 aliphatic rings. The lowest BCUT2D eigenvalue weighted by Gasteiger charge is -2.37. The summed E-state index contributed by atoms with van der Waals surface area (Å²) in [7, 11) is 0. The third kappa shape index (κ3) is 3.42. The second kappa shape index (κ2) is 7.97. The second-order valence-corrected chi connectivity index (χ2v) is 8.89. The van der Waals surface area contributed by atoms with E-state index in [1.165, 1.54) is 12.1 Å². The zero-order chi connectivity index (χ0) is 23.1. The van der Waals surface area contributed by atoms with E-state index in [1.54, 1.807) is 0 Å². The first-order valence-electron chi connectivity index (χ1n) is 10.5. The SMILES string of the molecule is CC1(C)[C@H]2CC[C@]1(NC(=O)OCc1ccccc1)C(=N)/C2=C\C(=N)c1c(F)cccc1F. The van der Waals surface area contributed by atoms with Gasteiger partial charge in [-0.15, -0.1) is 0 Å². The minimum absolute atomic E-state index is 0.111. The Morgan fingerprint density at radius 3 is 2.47 bits per heavy atom. The molecule has 2 bridgehead atoms. The molecule has 2 aromatic rings. The van der Waals surface area contributed by atoms with Gasteiger partial charge in [-0.3, -0.25) is 0 Å². The molecule has 0 radical (unpaired) electrons. The van der Waals surface area contributed by atoms with Gasteiger partial charge in [0.2, 0.25) is 0 Å². The topological polar surface area (TPSA) is 86.0 Å². The van der Waals surface area contributed by atoms with Crippen LogP contribution in [-0.2, 0) is 11.3 Å². The minimum Gasteiger partial charge on any atom is -0.445 e. The van der Waals surface area contributed by atoms with Gasteiger partial charge < -0.3 is 20.9 Å². The zero-order valence-corrected chi connectivity index (χ0v) is 18.0. The predicted molar refractivity (Wildman–Crippen MR) is 118 cm³/mol. The van der Waals surface area contributed by atoms with Gasteiger partial charge in [0.15, 0.2) is 0 Å². The molecule has 5 nitrogen and oxygen atoms in total. The van der Waals surface area contributed by atoms with Crippen molar-refractivity contribution in [3.8, 4) is 0 Å². The fourth-order valence-electron chi connectivity index (χ4n) is 5.13. The molecule has 3 N–H and O–H groups in total. The van der Waals surface area contributed by atoms with Gasteiger partial charge in [-0.1, -0.05) is 50.2 Å².